The van der Waals surface area contributed by atoms with Crippen LogP contribution in [0.3, 0.4) is 0 Å². The summed E-state index contributed by atoms with van der Waals surface area (Å²) in [5.74, 6) is -0.115. The minimum atomic E-state index is -1.61. The van der Waals surface area contributed by atoms with Gasteiger partial charge in [-0.1, -0.05) is 53.3 Å². The van der Waals surface area contributed by atoms with Crippen molar-refractivity contribution in [3.05, 3.63) is 0 Å². The molecule has 1 unspecified atom stereocenters. The fourth-order valence-electron chi connectivity index (χ4n) is 2.10. The predicted molar refractivity (Wildman–Crippen MR) is 103 cm³/mol. The van der Waals surface area contributed by atoms with E-state index in [2.05, 4.69) is 30.3 Å². The largest absolute Gasteiger partial charge is 0.450 e. The number of hydrogen-bond acceptors (Lipinski definition) is 4. The van der Waals surface area contributed by atoms with E-state index in [0.29, 0.717) is 12.8 Å². The Hall–Kier alpha value is -1.37. The van der Waals surface area contributed by atoms with Gasteiger partial charge in [0.15, 0.2) is 0 Å². The molecule has 2 amide bonds. The number of alkyl carbamates (subject to hydrolysis) is 1. The third-order valence-electron chi connectivity index (χ3n) is 4.18. The molecule has 0 saturated carbocycles. The summed E-state index contributed by atoms with van der Waals surface area (Å²) in [6.07, 6.45) is 3.09. The van der Waals surface area contributed by atoms with Crippen LogP contribution in [0.5, 0.6) is 0 Å². The minimum Gasteiger partial charge on any atom is -0.450 e. The van der Waals surface area contributed by atoms with E-state index in [1.165, 1.54) is 0 Å². The second-order valence-electron chi connectivity index (χ2n) is 8.13. The lowest BCUT2D eigenvalue weighted by Crippen LogP contribution is -2.52. The van der Waals surface area contributed by atoms with Crippen LogP contribution in [0, 0.1) is 5.92 Å². The maximum atomic E-state index is 12.5. The van der Waals surface area contributed by atoms with Crippen LogP contribution in [0.4, 0.5) is 4.79 Å². The van der Waals surface area contributed by atoms with Gasteiger partial charge < -0.3 is 20.2 Å². The maximum absolute atomic E-state index is 12.5. The highest BCUT2D eigenvalue weighted by Gasteiger charge is 2.29. The number of ether oxygens (including phenoxy) is 1. The lowest BCUT2D eigenvalue weighted by Gasteiger charge is -2.27. The fourth-order valence-corrected chi connectivity index (χ4v) is 2.56. The van der Waals surface area contributed by atoms with E-state index < -0.39 is 26.3 Å². The molecule has 0 heterocycles. The van der Waals surface area contributed by atoms with Crippen LogP contribution < -0.4 is 10.6 Å². The van der Waals surface area contributed by atoms with Gasteiger partial charge in [0.25, 0.3) is 0 Å². The molecule has 3 atom stereocenters. The number of unbranched alkanes of at least 4 members (excludes halogenated alkanes) is 1. The SMILES string of the molecule is CCCC[C@@H](C=O)NC(=O)[C@H](CC(C)C)NC(=O)OC(C)[Si](C)(C)C. The Morgan fingerprint density at radius 2 is 1.72 bits per heavy atom. The van der Waals surface area contributed by atoms with Crippen molar-refractivity contribution in [2.45, 2.75) is 90.8 Å². The summed E-state index contributed by atoms with van der Waals surface area (Å²) in [7, 11) is -1.61. The van der Waals surface area contributed by atoms with Gasteiger partial charge in [-0.25, -0.2) is 4.79 Å². The Kier molecular flexibility index (Phi) is 10.7. The van der Waals surface area contributed by atoms with Gasteiger partial charge in [0, 0.05) is 0 Å². The van der Waals surface area contributed by atoms with E-state index in [-0.39, 0.29) is 17.6 Å². The van der Waals surface area contributed by atoms with Gasteiger partial charge >= 0.3 is 6.09 Å². The summed E-state index contributed by atoms with van der Waals surface area (Å²) >= 11 is 0. The average Bonchev–Trinajstić information content (AvgIpc) is 2.48. The van der Waals surface area contributed by atoms with Gasteiger partial charge in [-0.2, -0.15) is 0 Å². The summed E-state index contributed by atoms with van der Waals surface area (Å²) in [5.41, 5.74) is -0.150. The summed E-state index contributed by atoms with van der Waals surface area (Å²) in [4.78, 5) is 35.8. The minimum absolute atomic E-state index is 0.150. The van der Waals surface area contributed by atoms with E-state index in [1.807, 2.05) is 27.7 Å². The first-order valence-corrected chi connectivity index (χ1v) is 12.8. The van der Waals surface area contributed by atoms with Crippen molar-refractivity contribution < 1.29 is 19.1 Å². The van der Waals surface area contributed by atoms with E-state index >= 15 is 0 Å². The van der Waals surface area contributed by atoms with Crippen LogP contribution in [-0.2, 0) is 14.3 Å². The first-order chi connectivity index (χ1) is 11.5. The van der Waals surface area contributed by atoms with Crippen molar-refractivity contribution in [2.75, 3.05) is 0 Å². The molecular weight excluding hydrogens is 336 g/mol. The maximum Gasteiger partial charge on any atom is 0.407 e. The smallest absolute Gasteiger partial charge is 0.407 e. The summed E-state index contributed by atoms with van der Waals surface area (Å²) < 4.78 is 5.44. The van der Waals surface area contributed by atoms with Gasteiger partial charge in [-0.05, 0) is 25.7 Å². The summed E-state index contributed by atoms with van der Waals surface area (Å²) in [5, 5.41) is 5.40. The van der Waals surface area contributed by atoms with Crippen LogP contribution in [0.2, 0.25) is 19.6 Å². The Morgan fingerprint density at radius 3 is 2.16 bits per heavy atom. The monoisotopic (exact) mass is 372 g/mol. The molecule has 0 aliphatic heterocycles. The number of amides is 2. The van der Waals surface area contributed by atoms with Crippen LogP contribution in [0.1, 0.15) is 53.4 Å². The molecule has 0 aliphatic carbocycles. The standard InChI is InChI=1S/C18H36N2O4Si/c1-8-9-10-15(12-21)19-17(22)16(11-13(2)3)20-18(23)24-14(4)25(5,6)7/h12-16H,8-11H2,1-7H3,(H,19,22)(H,20,23)/t14?,15-,16-/m0/s1. The molecule has 0 fully saturated rings. The quantitative estimate of drug-likeness (QED) is 0.431. The number of carbonyl (C=O) groups is 3. The molecule has 25 heavy (non-hydrogen) atoms. The van der Waals surface area contributed by atoms with Crippen molar-refractivity contribution in [1.29, 1.82) is 0 Å². The molecule has 0 saturated heterocycles. The second-order valence-corrected chi connectivity index (χ2v) is 13.7. The van der Waals surface area contributed by atoms with Gasteiger partial charge in [0.2, 0.25) is 5.91 Å². The van der Waals surface area contributed by atoms with Gasteiger partial charge in [0.05, 0.1) is 19.8 Å². The van der Waals surface area contributed by atoms with Crippen molar-refractivity contribution in [1.82, 2.24) is 10.6 Å². The number of aldehydes is 1. The highest BCUT2D eigenvalue weighted by atomic mass is 28.3. The molecule has 0 aliphatic rings. The first-order valence-electron chi connectivity index (χ1n) is 9.24. The van der Waals surface area contributed by atoms with Gasteiger partial charge in [0.1, 0.15) is 12.3 Å². The van der Waals surface area contributed by atoms with Crippen molar-refractivity contribution in [3.8, 4) is 0 Å². The third kappa shape index (κ3) is 10.3. The highest BCUT2D eigenvalue weighted by Crippen LogP contribution is 2.12. The summed E-state index contributed by atoms with van der Waals surface area (Å²) in [6, 6.07) is -1.22. The molecular formula is C18H36N2O4Si. The van der Waals surface area contributed by atoms with Crippen molar-refractivity contribution in [3.63, 3.8) is 0 Å². The lowest BCUT2D eigenvalue weighted by atomic mass is 10.0. The lowest BCUT2D eigenvalue weighted by molar-refractivity contribution is -0.126. The first kappa shape index (κ1) is 23.6. The molecule has 0 spiro atoms. The Morgan fingerprint density at radius 1 is 1.12 bits per heavy atom. The van der Waals surface area contributed by atoms with Crippen molar-refractivity contribution in [2.24, 2.45) is 5.92 Å². The number of rotatable bonds is 11. The molecule has 7 heteroatoms. The predicted octanol–water partition coefficient (Wildman–Crippen LogP) is 3.27. The second kappa shape index (κ2) is 11.3. The Labute approximate surface area is 153 Å². The van der Waals surface area contributed by atoms with Crippen molar-refractivity contribution >= 4 is 26.4 Å². The third-order valence-corrected chi connectivity index (χ3v) is 6.74. The molecule has 0 aromatic carbocycles. The Bertz CT molecular complexity index is 435. The average molecular weight is 373 g/mol. The number of hydrogen-bond donors (Lipinski definition) is 2. The highest BCUT2D eigenvalue weighted by molar-refractivity contribution is 6.77. The Balaban J connectivity index is 4.84. The molecule has 146 valence electrons. The molecule has 0 bridgehead atoms. The molecule has 6 nitrogen and oxygen atoms in total. The van der Waals surface area contributed by atoms with E-state index in [1.54, 1.807) is 0 Å². The summed E-state index contributed by atoms with van der Waals surface area (Å²) in [6.45, 7) is 14.2. The zero-order chi connectivity index (χ0) is 19.6. The number of nitrogens with one attached hydrogen (secondary N) is 2. The normalized spacial score (nSPS) is 15.2. The molecule has 0 rings (SSSR count). The van der Waals surface area contributed by atoms with Crippen LogP contribution in [0.15, 0.2) is 0 Å². The zero-order valence-corrected chi connectivity index (χ0v) is 17.8. The topological polar surface area (TPSA) is 84.5 Å². The van der Waals surface area contributed by atoms with E-state index in [0.717, 1.165) is 19.1 Å². The molecule has 0 aromatic heterocycles. The van der Waals surface area contributed by atoms with E-state index in [9.17, 15) is 14.4 Å². The number of carbonyl (C=O) groups excluding carboxylic acids is 3. The van der Waals surface area contributed by atoms with Crippen LogP contribution >= 0.6 is 0 Å². The molecule has 0 aromatic rings. The van der Waals surface area contributed by atoms with Crippen LogP contribution in [-0.4, -0.2) is 44.2 Å². The van der Waals surface area contributed by atoms with Gasteiger partial charge in [-0.15, -0.1) is 0 Å². The zero-order valence-electron chi connectivity index (χ0n) is 16.8. The fraction of sp³-hybridized carbons (Fsp3) is 0.833. The van der Waals surface area contributed by atoms with Crippen LogP contribution in [0.25, 0.3) is 0 Å². The van der Waals surface area contributed by atoms with Gasteiger partial charge in [-0.3, -0.25) is 4.79 Å². The molecule has 2 N–H and O–H groups in total. The molecule has 0 radical (unpaired) electrons. The van der Waals surface area contributed by atoms with E-state index in [4.69, 9.17) is 4.74 Å².